The predicted molar refractivity (Wildman–Crippen MR) is 97.2 cm³/mol. The van der Waals surface area contributed by atoms with Gasteiger partial charge in [0.2, 0.25) is 11.8 Å². The van der Waals surface area contributed by atoms with E-state index < -0.39 is 17.7 Å². The number of phenols is 1. The van der Waals surface area contributed by atoms with Gasteiger partial charge in [-0.3, -0.25) is 25.2 Å². The van der Waals surface area contributed by atoms with Gasteiger partial charge in [0.05, 0.1) is 24.3 Å². The molecule has 1 saturated heterocycles. The van der Waals surface area contributed by atoms with Gasteiger partial charge < -0.3 is 14.7 Å². The Hall–Kier alpha value is -3.55. The Balaban J connectivity index is 1.62. The highest BCUT2D eigenvalue weighted by Crippen LogP contribution is 2.32. The van der Waals surface area contributed by atoms with E-state index >= 15 is 0 Å². The van der Waals surface area contributed by atoms with Crippen molar-refractivity contribution in [2.75, 3.05) is 18.6 Å². The molecule has 2 aromatic rings. The van der Waals surface area contributed by atoms with Crippen LogP contribution in [0.5, 0.6) is 11.5 Å². The van der Waals surface area contributed by atoms with E-state index in [0.717, 1.165) is 0 Å². The number of rotatable bonds is 4. The summed E-state index contributed by atoms with van der Waals surface area (Å²) in [5.41, 5.74) is 5.20. The largest absolute Gasteiger partial charge is 0.507 e. The number of hydrazine groups is 1. The van der Waals surface area contributed by atoms with E-state index in [1.54, 1.807) is 36.4 Å². The molecule has 0 aromatic heterocycles. The molecular weight excluding hydrogens is 350 g/mol. The Kier molecular flexibility index (Phi) is 5.25. The monoisotopic (exact) mass is 369 g/mol. The molecule has 0 saturated carbocycles. The number of phenolic OH excluding ortho intramolecular Hbond substituents is 1. The summed E-state index contributed by atoms with van der Waals surface area (Å²) in [4.78, 5) is 38.2. The Morgan fingerprint density at radius 2 is 1.81 bits per heavy atom. The molecule has 3 amide bonds. The molecule has 1 heterocycles. The summed E-state index contributed by atoms with van der Waals surface area (Å²) in [6.45, 7) is 0.178. The molecule has 1 atom stereocenters. The van der Waals surface area contributed by atoms with E-state index in [4.69, 9.17) is 4.74 Å². The smallest absolute Gasteiger partial charge is 0.273 e. The number of ether oxygens (including phenoxy) is 1. The summed E-state index contributed by atoms with van der Waals surface area (Å²) in [7, 11) is 1.51. The van der Waals surface area contributed by atoms with Crippen LogP contribution in [0, 0.1) is 5.92 Å². The number of carbonyl (C=O) groups excluding carboxylic acids is 3. The maximum absolute atomic E-state index is 12.3. The molecule has 27 heavy (non-hydrogen) atoms. The number of anilines is 1. The summed E-state index contributed by atoms with van der Waals surface area (Å²) in [6.07, 6.45) is 0.0241. The van der Waals surface area contributed by atoms with Gasteiger partial charge in [-0.25, -0.2) is 0 Å². The fourth-order valence-electron chi connectivity index (χ4n) is 2.92. The van der Waals surface area contributed by atoms with Crippen LogP contribution in [-0.2, 0) is 9.59 Å². The minimum atomic E-state index is -0.646. The Morgan fingerprint density at radius 1 is 1.11 bits per heavy atom. The molecular formula is C19H19N3O5. The van der Waals surface area contributed by atoms with Gasteiger partial charge in [-0.1, -0.05) is 24.3 Å². The van der Waals surface area contributed by atoms with Gasteiger partial charge in [0.1, 0.15) is 11.5 Å². The predicted octanol–water partition coefficient (Wildman–Crippen LogP) is 1.21. The van der Waals surface area contributed by atoms with Crippen LogP contribution in [0.2, 0.25) is 0 Å². The van der Waals surface area contributed by atoms with Crippen molar-refractivity contribution >= 4 is 23.4 Å². The molecule has 1 fully saturated rings. The fourth-order valence-corrected chi connectivity index (χ4v) is 2.92. The fraction of sp³-hybridized carbons (Fsp3) is 0.211. The van der Waals surface area contributed by atoms with Crippen molar-refractivity contribution in [1.29, 1.82) is 0 Å². The van der Waals surface area contributed by atoms with Gasteiger partial charge in [0.15, 0.2) is 0 Å². The quantitative estimate of drug-likeness (QED) is 0.702. The van der Waals surface area contributed by atoms with Crippen molar-refractivity contribution in [2.24, 2.45) is 5.92 Å². The van der Waals surface area contributed by atoms with Crippen molar-refractivity contribution in [2.45, 2.75) is 6.42 Å². The summed E-state index contributed by atoms with van der Waals surface area (Å²) < 4.78 is 5.27. The minimum absolute atomic E-state index is 0.0241. The normalized spacial score (nSPS) is 16.1. The third-order valence-corrected chi connectivity index (χ3v) is 4.32. The number of hydrogen-bond acceptors (Lipinski definition) is 5. The first-order chi connectivity index (χ1) is 13.0. The zero-order chi connectivity index (χ0) is 19.4. The molecule has 2 aromatic carbocycles. The number of aromatic hydroxyl groups is 1. The number of amides is 3. The molecule has 0 spiro atoms. The summed E-state index contributed by atoms with van der Waals surface area (Å²) in [5, 5.41) is 9.67. The molecule has 0 unspecified atom stereocenters. The molecule has 0 aliphatic carbocycles. The van der Waals surface area contributed by atoms with Crippen molar-refractivity contribution in [3.8, 4) is 11.5 Å². The molecule has 8 heteroatoms. The second kappa shape index (κ2) is 7.77. The molecule has 0 radical (unpaired) electrons. The summed E-state index contributed by atoms with van der Waals surface area (Å²) in [6, 6.07) is 13.0. The van der Waals surface area contributed by atoms with Crippen LogP contribution in [0.15, 0.2) is 48.5 Å². The third kappa shape index (κ3) is 3.84. The van der Waals surface area contributed by atoms with Crippen LogP contribution in [0.1, 0.15) is 16.8 Å². The van der Waals surface area contributed by atoms with E-state index in [-0.39, 0.29) is 30.2 Å². The number of para-hydroxylation sites is 3. The van der Waals surface area contributed by atoms with Gasteiger partial charge in [-0.15, -0.1) is 0 Å². The number of benzene rings is 2. The molecule has 140 valence electrons. The highest BCUT2D eigenvalue weighted by atomic mass is 16.5. The first-order valence-corrected chi connectivity index (χ1v) is 8.33. The van der Waals surface area contributed by atoms with Gasteiger partial charge in [0, 0.05) is 13.0 Å². The Labute approximate surface area is 155 Å². The average molecular weight is 369 g/mol. The van der Waals surface area contributed by atoms with Crippen molar-refractivity contribution < 1.29 is 24.2 Å². The minimum Gasteiger partial charge on any atom is -0.507 e. The SMILES string of the molecule is COc1ccccc1N1C[C@H](C(=O)NNC(=O)c2ccccc2O)CC1=O. The Morgan fingerprint density at radius 3 is 2.56 bits per heavy atom. The zero-order valence-electron chi connectivity index (χ0n) is 14.6. The van der Waals surface area contributed by atoms with E-state index in [1.807, 2.05) is 0 Å². The molecule has 8 nitrogen and oxygen atoms in total. The van der Waals surface area contributed by atoms with Crippen LogP contribution in [0.4, 0.5) is 5.69 Å². The van der Waals surface area contributed by atoms with E-state index in [2.05, 4.69) is 10.9 Å². The van der Waals surface area contributed by atoms with Gasteiger partial charge >= 0.3 is 0 Å². The first-order valence-electron chi connectivity index (χ1n) is 8.33. The highest BCUT2D eigenvalue weighted by Gasteiger charge is 2.36. The number of nitrogens with one attached hydrogen (secondary N) is 2. The second-order valence-corrected chi connectivity index (χ2v) is 6.04. The lowest BCUT2D eigenvalue weighted by Gasteiger charge is -2.19. The molecule has 0 bridgehead atoms. The second-order valence-electron chi connectivity index (χ2n) is 6.04. The van der Waals surface area contributed by atoms with Crippen LogP contribution >= 0.6 is 0 Å². The zero-order valence-corrected chi connectivity index (χ0v) is 14.6. The molecule has 1 aliphatic rings. The van der Waals surface area contributed by atoms with Crippen molar-refractivity contribution in [1.82, 2.24) is 10.9 Å². The lowest BCUT2D eigenvalue weighted by molar-refractivity contribution is -0.126. The van der Waals surface area contributed by atoms with Gasteiger partial charge in [0.25, 0.3) is 5.91 Å². The summed E-state index contributed by atoms with van der Waals surface area (Å²) in [5.74, 6) is -1.60. The van der Waals surface area contributed by atoms with Crippen molar-refractivity contribution in [3.05, 3.63) is 54.1 Å². The lowest BCUT2D eigenvalue weighted by atomic mass is 10.1. The third-order valence-electron chi connectivity index (χ3n) is 4.32. The summed E-state index contributed by atoms with van der Waals surface area (Å²) >= 11 is 0. The maximum Gasteiger partial charge on any atom is 0.273 e. The maximum atomic E-state index is 12.3. The standard InChI is InChI=1S/C19H19N3O5/c1-27-16-9-5-3-7-14(16)22-11-12(10-17(22)24)18(25)20-21-19(26)13-6-2-4-8-15(13)23/h2-9,12,23H,10-11H2,1H3,(H,20,25)(H,21,26)/t12-/m1/s1. The van der Waals surface area contributed by atoms with Crippen LogP contribution < -0.4 is 20.5 Å². The molecule has 1 aliphatic heterocycles. The van der Waals surface area contributed by atoms with Crippen LogP contribution in [0.25, 0.3) is 0 Å². The van der Waals surface area contributed by atoms with E-state index in [1.165, 1.54) is 24.1 Å². The molecule has 3 rings (SSSR count). The first kappa shape index (κ1) is 18.2. The van der Waals surface area contributed by atoms with Crippen LogP contribution in [0.3, 0.4) is 0 Å². The van der Waals surface area contributed by atoms with Crippen LogP contribution in [-0.4, -0.2) is 36.5 Å². The van der Waals surface area contributed by atoms with Gasteiger partial charge in [-0.2, -0.15) is 0 Å². The lowest BCUT2D eigenvalue weighted by Crippen LogP contribution is -2.45. The van der Waals surface area contributed by atoms with Crippen molar-refractivity contribution in [3.63, 3.8) is 0 Å². The number of methoxy groups -OCH3 is 1. The highest BCUT2D eigenvalue weighted by molar-refractivity contribution is 6.02. The van der Waals surface area contributed by atoms with Gasteiger partial charge in [-0.05, 0) is 24.3 Å². The Bertz CT molecular complexity index is 883. The van der Waals surface area contributed by atoms with E-state index in [9.17, 15) is 19.5 Å². The number of hydrogen-bond donors (Lipinski definition) is 3. The molecule has 3 N–H and O–H groups in total. The number of nitrogens with zero attached hydrogens (tertiary/aromatic N) is 1. The van der Waals surface area contributed by atoms with E-state index in [0.29, 0.717) is 11.4 Å². The average Bonchev–Trinajstić information content (AvgIpc) is 3.07. The number of carbonyl (C=O) groups is 3. The topological polar surface area (TPSA) is 108 Å².